The first-order valence-electron chi connectivity index (χ1n) is 7.72. The van der Waals surface area contributed by atoms with Crippen molar-refractivity contribution in [2.24, 2.45) is 0 Å². The number of nitrogens with one attached hydrogen (secondary N) is 1. The Morgan fingerprint density at radius 3 is 2.68 bits per heavy atom. The van der Waals surface area contributed by atoms with Crippen molar-refractivity contribution in [3.63, 3.8) is 0 Å². The van der Waals surface area contributed by atoms with E-state index in [9.17, 15) is 14.7 Å². The number of ether oxygens (including phenoxy) is 1. The molecule has 1 amide bonds. The minimum Gasteiger partial charge on any atom is -0.480 e. The summed E-state index contributed by atoms with van der Waals surface area (Å²) in [5, 5.41) is 11.8. The molecule has 0 saturated carbocycles. The van der Waals surface area contributed by atoms with Crippen LogP contribution in [0.15, 0.2) is 12.1 Å². The number of fused-ring (bicyclic) bond motifs is 1. The molecule has 1 aromatic rings. The average molecular weight is 305 g/mol. The lowest BCUT2D eigenvalue weighted by Crippen LogP contribution is -2.46. The van der Waals surface area contributed by atoms with E-state index in [1.165, 1.54) is 0 Å². The van der Waals surface area contributed by atoms with Gasteiger partial charge in [0.1, 0.15) is 11.8 Å². The zero-order valence-corrected chi connectivity index (χ0v) is 13.3. The lowest BCUT2D eigenvalue weighted by atomic mass is 10.0. The standard InChI is InChI=1S/C17H23NO4/c1-4-5-6-13(17(20)21)18-16(19)15-9-12-7-10(2)11(3)8-14(12)22-15/h7-8,13,15H,4-6,9H2,1-3H3,(H,18,19)(H,20,21)/t13-,15?/m0/s1. The van der Waals surface area contributed by atoms with E-state index in [-0.39, 0.29) is 5.91 Å². The second-order valence-electron chi connectivity index (χ2n) is 5.90. The van der Waals surface area contributed by atoms with E-state index in [4.69, 9.17) is 4.74 Å². The van der Waals surface area contributed by atoms with Crippen molar-refractivity contribution in [2.45, 2.75) is 58.6 Å². The molecular weight excluding hydrogens is 282 g/mol. The van der Waals surface area contributed by atoms with Crippen molar-refractivity contribution >= 4 is 11.9 Å². The van der Waals surface area contributed by atoms with Crippen molar-refractivity contribution in [3.8, 4) is 5.75 Å². The number of rotatable bonds is 6. The van der Waals surface area contributed by atoms with Crippen LogP contribution < -0.4 is 10.1 Å². The van der Waals surface area contributed by atoms with Crippen LogP contribution in [0.1, 0.15) is 42.9 Å². The Balaban J connectivity index is 2.01. The normalized spacial score (nSPS) is 17.5. The van der Waals surface area contributed by atoms with Crippen LogP contribution in [0.4, 0.5) is 0 Å². The Morgan fingerprint density at radius 1 is 1.36 bits per heavy atom. The van der Waals surface area contributed by atoms with Crippen LogP contribution in [0.2, 0.25) is 0 Å². The van der Waals surface area contributed by atoms with E-state index >= 15 is 0 Å². The Kier molecular flexibility index (Phi) is 5.06. The number of carboxylic acid groups (broad SMARTS) is 1. The summed E-state index contributed by atoms with van der Waals surface area (Å²) in [7, 11) is 0. The highest BCUT2D eigenvalue weighted by atomic mass is 16.5. The molecule has 1 aliphatic heterocycles. The van der Waals surface area contributed by atoms with Gasteiger partial charge in [0.15, 0.2) is 6.10 Å². The van der Waals surface area contributed by atoms with E-state index < -0.39 is 18.1 Å². The monoisotopic (exact) mass is 305 g/mol. The largest absolute Gasteiger partial charge is 0.480 e. The molecular formula is C17H23NO4. The van der Waals surface area contributed by atoms with Gasteiger partial charge >= 0.3 is 5.97 Å². The smallest absolute Gasteiger partial charge is 0.326 e. The Labute approximate surface area is 130 Å². The maximum Gasteiger partial charge on any atom is 0.326 e. The fourth-order valence-corrected chi connectivity index (χ4v) is 2.59. The highest BCUT2D eigenvalue weighted by molar-refractivity contribution is 5.87. The molecule has 2 N–H and O–H groups in total. The molecule has 22 heavy (non-hydrogen) atoms. The minimum atomic E-state index is -0.996. The van der Waals surface area contributed by atoms with Crippen LogP contribution in [-0.4, -0.2) is 29.1 Å². The van der Waals surface area contributed by atoms with Gasteiger partial charge in [-0.1, -0.05) is 25.8 Å². The van der Waals surface area contributed by atoms with E-state index in [1.807, 2.05) is 32.9 Å². The van der Waals surface area contributed by atoms with Crippen LogP contribution in [-0.2, 0) is 16.0 Å². The number of benzene rings is 1. The number of hydrogen-bond donors (Lipinski definition) is 2. The molecule has 1 heterocycles. The third-order valence-electron chi connectivity index (χ3n) is 4.10. The maximum atomic E-state index is 12.3. The van der Waals surface area contributed by atoms with E-state index in [2.05, 4.69) is 5.32 Å². The molecule has 1 aliphatic rings. The number of aliphatic carboxylic acids is 1. The molecule has 2 rings (SSSR count). The zero-order chi connectivity index (χ0) is 16.3. The van der Waals surface area contributed by atoms with Gasteiger partial charge < -0.3 is 15.2 Å². The Bertz CT molecular complexity index is 551. The molecule has 0 saturated heterocycles. The number of amides is 1. The summed E-state index contributed by atoms with van der Waals surface area (Å²) in [6, 6.07) is 3.12. The van der Waals surface area contributed by atoms with Crippen molar-refractivity contribution in [1.29, 1.82) is 0 Å². The van der Waals surface area contributed by atoms with E-state index in [0.717, 1.165) is 35.3 Å². The maximum absolute atomic E-state index is 12.3. The molecule has 0 bridgehead atoms. The second-order valence-corrected chi connectivity index (χ2v) is 5.90. The summed E-state index contributed by atoms with van der Waals surface area (Å²) < 4.78 is 5.68. The molecule has 120 valence electrons. The summed E-state index contributed by atoms with van der Waals surface area (Å²) in [5.74, 6) is -0.623. The first kappa shape index (κ1) is 16.3. The average Bonchev–Trinajstić information content (AvgIpc) is 2.86. The molecule has 2 atom stereocenters. The van der Waals surface area contributed by atoms with Gasteiger partial charge in [0.25, 0.3) is 5.91 Å². The Morgan fingerprint density at radius 2 is 2.05 bits per heavy atom. The van der Waals surface area contributed by atoms with Crippen molar-refractivity contribution in [2.75, 3.05) is 0 Å². The molecule has 0 radical (unpaired) electrons. The summed E-state index contributed by atoms with van der Waals surface area (Å²) in [6.45, 7) is 6.01. The van der Waals surface area contributed by atoms with Crippen LogP contribution in [0, 0.1) is 13.8 Å². The molecule has 5 nitrogen and oxygen atoms in total. The van der Waals surface area contributed by atoms with Gasteiger partial charge in [0.2, 0.25) is 0 Å². The lowest BCUT2D eigenvalue weighted by Gasteiger charge is -2.17. The highest BCUT2D eigenvalue weighted by Gasteiger charge is 2.32. The van der Waals surface area contributed by atoms with Crippen LogP contribution >= 0.6 is 0 Å². The van der Waals surface area contributed by atoms with Crippen molar-refractivity contribution in [1.82, 2.24) is 5.32 Å². The highest BCUT2D eigenvalue weighted by Crippen LogP contribution is 2.31. The van der Waals surface area contributed by atoms with Crippen molar-refractivity contribution < 1.29 is 19.4 Å². The number of carbonyl (C=O) groups is 2. The molecule has 0 fully saturated rings. The number of aryl methyl sites for hydroxylation is 2. The van der Waals surface area contributed by atoms with Crippen LogP contribution in [0.3, 0.4) is 0 Å². The summed E-state index contributed by atoms with van der Waals surface area (Å²) in [6.07, 6.45) is 1.95. The molecule has 5 heteroatoms. The van der Waals surface area contributed by atoms with E-state index in [0.29, 0.717) is 12.8 Å². The molecule has 0 aromatic heterocycles. The minimum absolute atomic E-state index is 0.352. The molecule has 0 spiro atoms. The summed E-state index contributed by atoms with van der Waals surface area (Å²) in [5.41, 5.74) is 3.28. The van der Waals surface area contributed by atoms with Gasteiger partial charge in [-0.3, -0.25) is 4.79 Å². The quantitative estimate of drug-likeness (QED) is 0.846. The number of hydrogen-bond acceptors (Lipinski definition) is 3. The third kappa shape index (κ3) is 3.59. The van der Waals surface area contributed by atoms with Gasteiger partial charge in [-0.2, -0.15) is 0 Å². The van der Waals surface area contributed by atoms with Gasteiger partial charge in [-0.05, 0) is 43.0 Å². The zero-order valence-electron chi connectivity index (χ0n) is 13.3. The first-order chi connectivity index (χ1) is 10.4. The first-order valence-corrected chi connectivity index (χ1v) is 7.72. The van der Waals surface area contributed by atoms with Gasteiger partial charge in [-0.15, -0.1) is 0 Å². The molecule has 0 aliphatic carbocycles. The van der Waals surface area contributed by atoms with Crippen LogP contribution in [0.5, 0.6) is 5.75 Å². The summed E-state index contributed by atoms with van der Waals surface area (Å²) >= 11 is 0. The van der Waals surface area contributed by atoms with Gasteiger partial charge in [0, 0.05) is 6.42 Å². The fraction of sp³-hybridized carbons (Fsp3) is 0.529. The van der Waals surface area contributed by atoms with E-state index in [1.54, 1.807) is 0 Å². The molecule has 1 unspecified atom stereocenters. The summed E-state index contributed by atoms with van der Waals surface area (Å²) in [4.78, 5) is 23.5. The van der Waals surface area contributed by atoms with Crippen LogP contribution in [0.25, 0.3) is 0 Å². The van der Waals surface area contributed by atoms with Crippen molar-refractivity contribution in [3.05, 3.63) is 28.8 Å². The Hall–Kier alpha value is -2.04. The predicted octanol–water partition coefficient (Wildman–Crippen LogP) is 2.37. The number of carbonyl (C=O) groups excluding carboxylic acids is 1. The SMILES string of the molecule is CCCC[C@H](NC(=O)C1Cc2cc(C)c(C)cc2O1)C(=O)O. The fourth-order valence-electron chi connectivity index (χ4n) is 2.59. The molecule has 1 aromatic carbocycles. The number of unbranched alkanes of at least 4 members (excludes halogenated alkanes) is 1. The topological polar surface area (TPSA) is 75.6 Å². The third-order valence-corrected chi connectivity index (χ3v) is 4.10. The lowest BCUT2D eigenvalue weighted by molar-refractivity contribution is -0.143. The predicted molar refractivity (Wildman–Crippen MR) is 83.1 cm³/mol. The van der Waals surface area contributed by atoms with Gasteiger partial charge in [-0.25, -0.2) is 4.79 Å². The van der Waals surface area contributed by atoms with Gasteiger partial charge in [0.05, 0.1) is 0 Å². The number of carboxylic acids is 1. The second kappa shape index (κ2) is 6.81.